The summed E-state index contributed by atoms with van der Waals surface area (Å²) in [6, 6.07) is 0.766. The molecular weight excluding hydrogens is 455 g/mol. The normalized spacial score (nSPS) is 16.0. The first-order valence-electron chi connectivity index (χ1n) is 10.3. The number of nitrogens with one attached hydrogen (secondary N) is 1. The van der Waals surface area contributed by atoms with E-state index in [0.29, 0.717) is 32.2 Å². The van der Waals surface area contributed by atoms with E-state index in [4.69, 9.17) is 4.52 Å². The largest absolute Gasteiger partial charge is 0.454 e. The number of hydrogen-bond donors (Lipinski definition) is 1. The summed E-state index contributed by atoms with van der Waals surface area (Å²) in [5, 5.41) is 5.89. The van der Waals surface area contributed by atoms with Gasteiger partial charge in [0.25, 0.3) is 0 Å². The summed E-state index contributed by atoms with van der Waals surface area (Å²) in [5.74, 6) is -1.45. The van der Waals surface area contributed by atoms with Gasteiger partial charge in [-0.15, -0.1) is 0 Å². The number of unbranched alkanes of at least 4 members (excludes halogenated alkanes) is 2. The second-order valence-corrected chi connectivity index (χ2v) is 10.5. The van der Waals surface area contributed by atoms with Crippen LogP contribution in [0.5, 0.6) is 5.95 Å². The van der Waals surface area contributed by atoms with Gasteiger partial charge in [0, 0.05) is 18.5 Å². The topological polar surface area (TPSA) is 119 Å². The minimum atomic E-state index is -4.53. The fraction of sp³-hybridized carbons (Fsp3) is 0.737. The number of urea groups is 1. The highest BCUT2D eigenvalue weighted by molar-refractivity contribution is 7.91. The van der Waals surface area contributed by atoms with Gasteiger partial charge in [-0.1, -0.05) is 25.4 Å². The maximum absolute atomic E-state index is 12.6. The summed E-state index contributed by atoms with van der Waals surface area (Å²) in [4.78, 5) is 24.0. The Morgan fingerprint density at radius 1 is 1.25 bits per heavy atom. The third-order valence-electron chi connectivity index (χ3n) is 4.77. The molecule has 1 aliphatic heterocycles. The predicted octanol–water partition coefficient (Wildman–Crippen LogP) is 2.88. The van der Waals surface area contributed by atoms with E-state index in [1.165, 1.54) is 11.0 Å². The lowest BCUT2D eigenvalue weighted by molar-refractivity contribution is -0.156. The zero-order valence-corrected chi connectivity index (χ0v) is 18.8. The molecule has 0 radical (unpaired) electrons. The van der Waals surface area contributed by atoms with Gasteiger partial charge in [-0.25, -0.2) is 13.2 Å². The smallest absolute Gasteiger partial charge is 0.422 e. The van der Waals surface area contributed by atoms with Crippen molar-refractivity contribution in [1.82, 2.24) is 15.4 Å². The zero-order chi connectivity index (χ0) is 23.9. The summed E-state index contributed by atoms with van der Waals surface area (Å²) >= 11 is 0. The Bertz CT molecular complexity index is 885. The summed E-state index contributed by atoms with van der Waals surface area (Å²) < 4.78 is 71.4. The second-order valence-electron chi connectivity index (χ2n) is 8.25. The average Bonchev–Trinajstić information content (AvgIpc) is 3.24. The number of halogens is 3. The van der Waals surface area contributed by atoms with Crippen molar-refractivity contribution < 1.29 is 40.4 Å². The molecule has 0 unspecified atom stereocenters. The Labute approximate surface area is 184 Å². The number of alkyl halides is 3. The van der Waals surface area contributed by atoms with Crippen LogP contribution in [0.25, 0.3) is 0 Å². The summed E-state index contributed by atoms with van der Waals surface area (Å²) in [7, 11) is -3.47. The third-order valence-corrected chi connectivity index (χ3v) is 6.59. The minimum Gasteiger partial charge on any atom is -0.454 e. The maximum Gasteiger partial charge on any atom is 0.422 e. The van der Waals surface area contributed by atoms with Crippen LogP contribution in [-0.4, -0.2) is 67.8 Å². The third kappa shape index (κ3) is 9.05. The highest BCUT2D eigenvalue weighted by Gasteiger charge is 2.30. The van der Waals surface area contributed by atoms with E-state index in [9.17, 15) is 31.2 Å². The highest BCUT2D eigenvalue weighted by atomic mass is 32.2. The fourth-order valence-electron chi connectivity index (χ4n) is 3.38. The van der Waals surface area contributed by atoms with Gasteiger partial charge >= 0.3 is 18.2 Å². The molecule has 9 nitrogen and oxygen atoms in total. The molecule has 3 amide bonds. The first-order chi connectivity index (χ1) is 14.8. The van der Waals surface area contributed by atoms with Crippen LogP contribution in [0.3, 0.4) is 0 Å². The van der Waals surface area contributed by atoms with Gasteiger partial charge in [0.15, 0.2) is 16.4 Å². The van der Waals surface area contributed by atoms with Crippen molar-refractivity contribution in [3.8, 4) is 5.95 Å². The number of amides is 3. The van der Waals surface area contributed by atoms with Crippen LogP contribution >= 0.6 is 0 Å². The van der Waals surface area contributed by atoms with Crippen LogP contribution < -0.4 is 10.1 Å². The van der Waals surface area contributed by atoms with E-state index in [0.717, 1.165) is 0 Å². The van der Waals surface area contributed by atoms with Crippen molar-refractivity contribution in [2.45, 2.75) is 51.6 Å². The van der Waals surface area contributed by atoms with E-state index < -0.39 is 40.5 Å². The first-order valence-corrected chi connectivity index (χ1v) is 12.1. The number of nitrogens with zero attached hydrogens (tertiary/aromatic N) is 2. The van der Waals surface area contributed by atoms with Crippen molar-refractivity contribution in [2.75, 3.05) is 31.2 Å². The van der Waals surface area contributed by atoms with Crippen LogP contribution in [-0.2, 0) is 14.6 Å². The van der Waals surface area contributed by atoms with Crippen molar-refractivity contribution >= 4 is 21.8 Å². The van der Waals surface area contributed by atoms with Gasteiger partial charge in [-0.3, -0.25) is 10.1 Å². The fourth-order valence-corrected chi connectivity index (χ4v) is 5.11. The molecule has 0 bridgehead atoms. The number of carbonyl (C=O) groups is 2. The molecule has 0 saturated carbocycles. The van der Waals surface area contributed by atoms with Gasteiger partial charge in [0.05, 0.1) is 17.2 Å². The molecule has 1 atom stereocenters. The Morgan fingerprint density at radius 2 is 1.97 bits per heavy atom. The van der Waals surface area contributed by atoms with Gasteiger partial charge < -0.3 is 14.2 Å². The number of sulfone groups is 1. The van der Waals surface area contributed by atoms with Crippen LogP contribution in [0.15, 0.2) is 10.6 Å². The van der Waals surface area contributed by atoms with E-state index >= 15 is 0 Å². The van der Waals surface area contributed by atoms with Crippen LogP contribution in [0.1, 0.15) is 51.1 Å². The minimum absolute atomic E-state index is 0.0143. The molecule has 182 valence electrons. The SMILES string of the molecule is CC(C)C[C@@H](CS(=O)(=O)CCCCCN1CC(=O)NC1=O)c1cc(OCC(F)(F)F)on1. The molecular formula is C19H28F3N3O6S. The number of imide groups is 1. The number of carbonyl (C=O) groups excluding carboxylic acids is 2. The Hall–Kier alpha value is -2.31. The lowest BCUT2D eigenvalue weighted by Gasteiger charge is -2.17. The molecule has 2 heterocycles. The molecule has 1 aromatic heterocycles. The predicted molar refractivity (Wildman–Crippen MR) is 108 cm³/mol. The molecule has 0 aromatic carbocycles. The Morgan fingerprint density at radius 3 is 2.56 bits per heavy atom. The lowest BCUT2D eigenvalue weighted by Crippen LogP contribution is -2.29. The quantitative estimate of drug-likeness (QED) is 0.338. The van der Waals surface area contributed by atoms with Crippen molar-refractivity contribution in [2.24, 2.45) is 5.92 Å². The van der Waals surface area contributed by atoms with Gasteiger partial charge in [0.2, 0.25) is 5.91 Å². The lowest BCUT2D eigenvalue weighted by atomic mass is 9.96. The molecule has 1 N–H and O–H groups in total. The molecule has 2 rings (SSSR count). The molecule has 0 spiro atoms. The summed E-state index contributed by atoms with van der Waals surface area (Å²) in [5.41, 5.74) is 0.240. The van der Waals surface area contributed by atoms with E-state index in [1.54, 1.807) is 0 Å². The van der Waals surface area contributed by atoms with Gasteiger partial charge in [0.1, 0.15) is 6.54 Å². The van der Waals surface area contributed by atoms with E-state index in [1.807, 2.05) is 13.8 Å². The number of hydrogen-bond acceptors (Lipinski definition) is 7. The standard InChI is InChI=1S/C19H28F3N3O6S/c1-13(2)8-14(15-9-17(31-24-15)30-12-19(20,21)22)11-32(28,29)7-5-3-4-6-25-10-16(26)23-18(25)27/h9,13-14H,3-8,10-12H2,1-2H3,(H,23,26,27)/t14-/m0/s1. The summed E-state index contributed by atoms with van der Waals surface area (Å²) in [6.07, 6.45) is -2.55. The molecule has 13 heteroatoms. The van der Waals surface area contributed by atoms with E-state index in [-0.39, 0.29) is 35.6 Å². The molecule has 1 saturated heterocycles. The zero-order valence-electron chi connectivity index (χ0n) is 18.0. The second kappa shape index (κ2) is 11.0. The first kappa shape index (κ1) is 25.9. The maximum atomic E-state index is 12.6. The van der Waals surface area contributed by atoms with Crippen LogP contribution in [0, 0.1) is 5.92 Å². The Kier molecular flexibility index (Phi) is 8.93. The average molecular weight is 484 g/mol. The molecule has 32 heavy (non-hydrogen) atoms. The molecule has 1 aromatic rings. The van der Waals surface area contributed by atoms with Crippen LogP contribution in [0.4, 0.5) is 18.0 Å². The number of aromatic nitrogens is 1. The van der Waals surface area contributed by atoms with Crippen molar-refractivity contribution in [1.29, 1.82) is 0 Å². The molecule has 1 fully saturated rings. The number of ether oxygens (including phenoxy) is 1. The summed E-state index contributed by atoms with van der Waals surface area (Å²) in [6.45, 7) is 2.66. The molecule has 0 aliphatic carbocycles. The number of rotatable bonds is 13. The van der Waals surface area contributed by atoms with Crippen molar-refractivity contribution in [3.05, 3.63) is 11.8 Å². The molecule has 1 aliphatic rings. The van der Waals surface area contributed by atoms with E-state index in [2.05, 4.69) is 15.2 Å². The highest BCUT2D eigenvalue weighted by Crippen LogP contribution is 2.29. The Balaban J connectivity index is 1.85. The van der Waals surface area contributed by atoms with Gasteiger partial charge in [-0.05, 0) is 25.2 Å². The van der Waals surface area contributed by atoms with Crippen LogP contribution in [0.2, 0.25) is 0 Å². The monoisotopic (exact) mass is 483 g/mol. The van der Waals surface area contributed by atoms with Gasteiger partial charge in [-0.2, -0.15) is 13.2 Å². The van der Waals surface area contributed by atoms with Crippen molar-refractivity contribution in [3.63, 3.8) is 0 Å².